The van der Waals surface area contributed by atoms with Crippen LogP contribution in [0, 0.1) is 11.8 Å². The first kappa shape index (κ1) is 42.2. The van der Waals surface area contributed by atoms with E-state index in [1.54, 1.807) is 4.90 Å². The van der Waals surface area contributed by atoms with E-state index in [0.29, 0.717) is 17.9 Å². The van der Waals surface area contributed by atoms with E-state index < -0.39 is 29.7 Å². The van der Waals surface area contributed by atoms with Crippen molar-refractivity contribution in [1.29, 1.82) is 0 Å². The second-order valence-corrected chi connectivity index (χ2v) is 18.9. The summed E-state index contributed by atoms with van der Waals surface area (Å²) in [5.74, 6) is 0.671. The summed E-state index contributed by atoms with van der Waals surface area (Å²) in [6, 6.07) is 28.2. The maximum Gasteiger partial charge on any atom is 0.407 e. The molecule has 5 N–H and O–H groups in total. The van der Waals surface area contributed by atoms with E-state index in [2.05, 4.69) is 69.1 Å². The Labute approximate surface area is 376 Å². The fourth-order valence-electron chi connectivity index (χ4n) is 10.6. The lowest BCUT2D eigenvalue weighted by Crippen LogP contribution is -2.54. The second kappa shape index (κ2) is 16.3. The average molecular weight is 875 g/mol. The van der Waals surface area contributed by atoms with Crippen LogP contribution in [-0.2, 0) is 19.1 Å². The molecule has 1 unspecified atom stereocenters. The lowest BCUT2D eigenvalue weighted by atomic mass is 9.95. The molecule has 14 heteroatoms. The summed E-state index contributed by atoms with van der Waals surface area (Å²) in [5.41, 5.74) is 4.59. The molecule has 14 nitrogen and oxygen atoms in total. The summed E-state index contributed by atoms with van der Waals surface area (Å²) in [6.07, 6.45) is 3.78. The van der Waals surface area contributed by atoms with E-state index in [9.17, 15) is 24.3 Å². The summed E-state index contributed by atoms with van der Waals surface area (Å²) in [5, 5.41) is 20.2. The van der Waals surface area contributed by atoms with Crippen LogP contribution in [0.5, 0.6) is 0 Å². The number of imidazole rings is 2. The Morgan fingerprint density at radius 2 is 1.42 bits per heavy atom. The number of carbonyl (C=O) groups excluding carboxylic acids is 4. The topological polar surface area (TPSA) is 186 Å². The first-order chi connectivity index (χ1) is 31.3. The van der Waals surface area contributed by atoms with Gasteiger partial charge in [-0.25, -0.2) is 14.8 Å². The largest absolute Gasteiger partial charge is 0.453 e. The number of aromatic nitrogens is 4. The quantitative estimate of drug-likeness (QED) is 0.0912. The fraction of sp³-hybridized carbons (Fsp3) is 0.373. The number of aliphatic hydroxyl groups is 1. The van der Waals surface area contributed by atoms with Gasteiger partial charge >= 0.3 is 6.09 Å². The van der Waals surface area contributed by atoms with Crippen LogP contribution in [0.25, 0.3) is 54.7 Å². The van der Waals surface area contributed by atoms with Gasteiger partial charge in [0.05, 0.1) is 41.3 Å². The molecule has 1 saturated carbocycles. The first-order valence-electron chi connectivity index (χ1n) is 22.7. The molecule has 2 aromatic heterocycles. The maximum absolute atomic E-state index is 14.3. The normalized spacial score (nSPS) is 20.6. The molecular formula is C51H54N8O6. The average Bonchev–Trinajstić information content (AvgIpc) is 4.17. The number of nitrogens with one attached hydrogen (secondary N) is 4. The highest BCUT2D eigenvalue weighted by molar-refractivity contribution is 6.07. The Bertz CT molecular complexity index is 3010. The monoisotopic (exact) mass is 874 g/mol. The molecule has 0 spiro atoms. The zero-order valence-corrected chi connectivity index (χ0v) is 37.2. The Morgan fingerprint density at radius 1 is 0.785 bits per heavy atom. The number of amides is 4. The van der Waals surface area contributed by atoms with Crippen LogP contribution < -0.4 is 10.6 Å². The number of benzene rings is 5. The highest BCUT2D eigenvalue weighted by Gasteiger charge is 2.51. The third kappa shape index (κ3) is 7.52. The van der Waals surface area contributed by atoms with Crippen molar-refractivity contribution in [3.05, 3.63) is 108 Å². The molecule has 0 radical (unpaired) electrons. The number of nitrogens with zero attached hydrogens (tertiary/aromatic N) is 4. The number of rotatable bonds is 10. The van der Waals surface area contributed by atoms with E-state index in [4.69, 9.17) is 14.7 Å². The molecule has 4 amide bonds. The summed E-state index contributed by atoms with van der Waals surface area (Å²) >= 11 is 0. The second-order valence-electron chi connectivity index (χ2n) is 18.9. The Balaban J connectivity index is 0.917. The molecule has 2 saturated heterocycles. The highest BCUT2D eigenvalue weighted by Crippen LogP contribution is 2.50. The third-order valence-corrected chi connectivity index (χ3v) is 13.9. The summed E-state index contributed by atoms with van der Waals surface area (Å²) in [7, 11) is 1.31. The van der Waals surface area contributed by atoms with Gasteiger partial charge in [0.2, 0.25) is 11.8 Å². The lowest BCUT2D eigenvalue weighted by molar-refractivity contribution is -0.143. The number of ether oxygens (including phenoxy) is 1. The van der Waals surface area contributed by atoms with Gasteiger partial charge in [0.1, 0.15) is 29.3 Å². The zero-order valence-electron chi connectivity index (χ0n) is 37.2. The van der Waals surface area contributed by atoms with E-state index >= 15 is 0 Å². The molecule has 4 heterocycles. The minimum atomic E-state index is -1.65. The van der Waals surface area contributed by atoms with Crippen LogP contribution in [-0.4, -0.2) is 90.0 Å². The molecule has 65 heavy (non-hydrogen) atoms. The third-order valence-electron chi connectivity index (χ3n) is 13.9. The molecule has 3 fully saturated rings. The molecule has 2 bridgehead atoms. The number of piperidine rings is 1. The number of H-pyrrole nitrogens is 2. The lowest BCUT2D eigenvalue weighted by Gasteiger charge is -2.37. The molecule has 2 aliphatic heterocycles. The van der Waals surface area contributed by atoms with Gasteiger partial charge in [-0.3, -0.25) is 14.4 Å². The number of methoxy groups -OCH3 is 1. The molecule has 1 aliphatic carbocycles. The molecule has 3 aliphatic rings. The number of hydrogen-bond acceptors (Lipinski definition) is 8. The minimum absolute atomic E-state index is 0.0983. The van der Waals surface area contributed by atoms with E-state index in [1.807, 2.05) is 61.2 Å². The molecular weight excluding hydrogens is 821 g/mol. The van der Waals surface area contributed by atoms with Crippen molar-refractivity contribution in [3.63, 3.8) is 0 Å². The van der Waals surface area contributed by atoms with Crippen molar-refractivity contribution in [1.82, 2.24) is 40.4 Å². The Hall–Kier alpha value is -6.80. The number of carbonyl (C=O) groups is 4. The van der Waals surface area contributed by atoms with Gasteiger partial charge < -0.3 is 40.2 Å². The van der Waals surface area contributed by atoms with Gasteiger partial charge in [0, 0.05) is 23.4 Å². The van der Waals surface area contributed by atoms with Crippen LogP contribution in [0.2, 0.25) is 0 Å². The smallest absolute Gasteiger partial charge is 0.407 e. The zero-order chi connectivity index (χ0) is 45.3. The van der Waals surface area contributed by atoms with Gasteiger partial charge in [-0.05, 0) is 110 Å². The number of aromatic amines is 2. The molecule has 5 aromatic carbocycles. The molecule has 334 valence electrons. The first-order valence-corrected chi connectivity index (χ1v) is 22.7. The Morgan fingerprint density at radius 3 is 2.03 bits per heavy atom. The summed E-state index contributed by atoms with van der Waals surface area (Å²) < 4.78 is 4.86. The SMILES string of the molecule is COC(=O)NC(C(=O)N1[C@@H]2CC[C@@H](C2)[C@H]1c1nc2ccc3cc(-c4ccc5c(ccc6nc([C@@H]7CCCN7C(=O)[C@H](NC(=O)C(C)(C)O)c7ccccc7)[nH]c65)c4)ccc3c2[nH]1)C(C)C. The maximum atomic E-state index is 14.3. The number of hydrogen-bond donors (Lipinski definition) is 5. The predicted octanol–water partition coefficient (Wildman–Crippen LogP) is 8.14. The van der Waals surface area contributed by atoms with Crippen molar-refractivity contribution < 1.29 is 29.0 Å². The van der Waals surface area contributed by atoms with Crippen LogP contribution >= 0.6 is 0 Å². The standard InChI is InChI=1S/C51H54N8O6/c1-27(2)40(57-50(63)65-5)48(61)59-34-18-13-33(26-34)44(59)46-53-38-22-17-32-25-30(15-20-36(32)43(38)55-46)29-14-19-35-31(24-29)16-21-37-42(35)54-45(52-37)39-12-9-23-58(39)47(60)41(28-10-7-6-8-11-28)56-49(62)51(3,4)64/h6-8,10-11,14-17,19-22,24-25,27,33-34,39-41,44,64H,9,12-13,18,23,26H2,1-5H3,(H,52,54)(H,53,55)(H,56,62)(H,57,63)/t33-,34+,39-,40?,41+,44-/m0/s1. The summed E-state index contributed by atoms with van der Waals surface area (Å²) in [6.45, 7) is 7.19. The molecule has 10 rings (SSSR count). The van der Waals surface area contributed by atoms with Crippen molar-refractivity contribution >= 4 is 67.4 Å². The van der Waals surface area contributed by atoms with E-state index in [1.165, 1.54) is 21.0 Å². The van der Waals surface area contributed by atoms with Crippen molar-refractivity contribution in [2.24, 2.45) is 11.8 Å². The van der Waals surface area contributed by atoms with Gasteiger partial charge in [0.15, 0.2) is 0 Å². The Kier molecular flexibility index (Phi) is 10.6. The van der Waals surface area contributed by atoms with E-state index in [0.717, 1.165) is 92.7 Å². The molecule has 6 atom stereocenters. The summed E-state index contributed by atoms with van der Waals surface area (Å²) in [4.78, 5) is 74.7. The van der Waals surface area contributed by atoms with Crippen molar-refractivity contribution in [2.45, 2.75) is 95.6 Å². The van der Waals surface area contributed by atoms with Gasteiger partial charge in [-0.2, -0.15) is 0 Å². The number of alkyl carbamates (subject to hydrolysis) is 1. The number of likely N-dealkylation sites (tertiary alicyclic amines) is 2. The van der Waals surface area contributed by atoms with Crippen LogP contribution in [0.3, 0.4) is 0 Å². The van der Waals surface area contributed by atoms with Gasteiger partial charge in [-0.15, -0.1) is 0 Å². The van der Waals surface area contributed by atoms with Crippen LogP contribution in [0.15, 0.2) is 91.0 Å². The predicted molar refractivity (Wildman–Crippen MR) is 248 cm³/mol. The van der Waals surface area contributed by atoms with Gasteiger partial charge in [0.25, 0.3) is 5.91 Å². The van der Waals surface area contributed by atoms with Gasteiger partial charge in [-0.1, -0.05) is 80.6 Å². The van der Waals surface area contributed by atoms with Crippen molar-refractivity contribution in [2.75, 3.05) is 13.7 Å². The number of fused-ring (bicyclic) bond motifs is 8. The molecule has 7 aromatic rings. The minimum Gasteiger partial charge on any atom is -0.453 e. The van der Waals surface area contributed by atoms with Crippen LogP contribution in [0.4, 0.5) is 4.79 Å². The van der Waals surface area contributed by atoms with E-state index in [-0.39, 0.29) is 41.8 Å². The fourth-order valence-corrected chi connectivity index (χ4v) is 10.6. The highest BCUT2D eigenvalue weighted by atomic mass is 16.5. The van der Waals surface area contributed by atoms with Crippen molar-refractivity contribution in [3.8, 4) is 11.1 Å². The van der Waals surface area contributed by atoms with Crippen LogP contribution in [0.1, 0.15) is 95.1 Å².